The maximum absolute atomic E-state index is 7.82. The molecule has 1 aromatic heterocycles. The zero-order valence-corrected chi connectivity index (χ0v) is 11.4. The molecule has 5 heteroatoms. The first kappa shape index (κ1) is 14.9. The van der Waals surface area contributed by atoms with Gasteiger partial charge in [0.25, 0.3) is 0 Å². The van der Waals surface area contributed by atoms with Crippen LogP contribution in [0.3, 0.4) is 0 Å². The first-order chi connectivity index (χ1) is 9.04. The first-order valence-corrected chi connectivity index (χ1v) is 6.22. The van der Waals surface area contributed by atoms with E-state index in [1.54, 1.807) is 24.0 Å². The van der Waals surface area contributed by atoms with Crippen LogP contribution in [0.1, 0.15) is 25.5 Å². The summed E-state index contributed by atoms with van der Waals surface area (Å²) in [7, 11) is 1.80. The monoisotopic (exact) mass is 260 g/mol. The number of aryl methyl sites for hydroxylation is 1. The second kappa shape index (κ2) is 7.31. The quantitative estimate of drug-likeness (QED) is 0.428. The molecule has 1 heterocycles. The third-order valence-electron chi connectivity index (χ3n) is 2.48. The number of nitrogens with one attached hydrogen (secondary N) is 2. The highest BCUT2D eigenvalue weighted by Gasteiger charge is 2.03. The molecule has 1 aromatic rings. The van der Waals surface area contributed by atoms with Crippen LogP contribution in [0.2, 0.25) is 0 Å². The van der Waals surface area contributed by atoms with Gasteiger partial charge in [-0.2, -0.15) is 5.10 Å². The summed E-state index contributed by atoms with van der Waals surface area (Å²) in [6.45, 7) is 6.34. The number of hydrogen-bond donors (Lipinski definition) is 2. The highest BCUT2D eigenvalue weighted by molar-refractivity contribution is 6.12. The maximum atomic E-state index is 7.82. The van der Waals surface area contributed by atoms with Crippen LogP contribution in [0.5, 0.6) is 0 Å². The molecule has 1 rings (SSSR count). The fourth-order valence-corrected chi connectivity index (χ4v) is 1.32. The average molecular weight is 260 g/mol. The van der Waals surface area contributed by atoms with Gasteiger partial charge in [-0.15, -0.1) is 0 Å². The van der Waals surface area contributed by atoms with E-state index in [1.165, 1.54) is 12.2 Å². The molecule has 0 aliphatic carbocycles. The van der Waals surface area contributed by atoms with Gasteiger partial charge in [-0.05, 0) is 24.6 Å². The summed E-state index contributed by atoms with van der Waals surface area (Å²) in [6.07, 6.45) is 6.79. The molecule has 5 nitrogen and oxygen atoms in total. The summed E-state index contributed by atoms with van der Waals surface area (Å²) in [5, 5.41) is 19.7. The van der Waals surface area contributed by atoms with Crippen LogP contribution in [-0.4, -0.2) is 27.8 Å². The smallest absolute Gasteiger partial charge is 0.137 e. The molecule has 0 bridgehead atoms. The molecule has 19 heavy (non-hydrogen) atoms. The van der Waals surface area contributed by atoms with E-state index < -0.39 is 0 Å². The van der Waals surface area contributed by atoms with Crippen LogP contribution in [0.15, 0.2) is 36.8 Å². The predicted octanol–water partition coefficient (Wildman–Crippen LogP) is 2.69. The highest BCUT2D eigenvalue weighted by atomic mass is 16.5. The SMILES string of the molecule is C=C(OCCCC)C(=N)/C=C\C(=N)c1ccn(C)n1. The van der Waals surface area contributed by atoms with E-state index >= 15 is 0 Å². The highest BCUT2D eigenvalue weighted by Crippen LogP contribution is 2.02. The largest absolute Gasteiger partial charge is 0.492 e. The van der Waals surface area contributed by atoms with Gasteiger partial charge >= 0.3 is 0 Å². The summed E-state index contributed by atoms with van der Waals surface area (Å²) in [5.41, 5.74) is 1.01. The van der Waals surface area contributed by atoms with Crippen LogP contribution in [0, 0.1) is 10.8 Å². The third-order valence-corrected chi connectivity index (χ3v) is 2.48. The molecule has 0 saturated carbocycles. The number of aromatic nitrogens is 2. The van der Waals surface area contributed by atoms with Crippen LogP contribution < -0.4 is 0 Å². The van der Waals surface area contributed by atoms with Gasteiger partial charge < -0.3 is 4.74 Å². The Morgan fingerprint density at radius 3 is 2.79 bits per heavy atom. The van der Waals surface area contributed by atoms with E-state index in [1.807, 2.05) is 0 Å². The summed E-state index contributed by atoms with van der Waals surface area (Å²) in [6, 6.07) is 1.75. The number of nitrogens with zero attached hydrogens (tertiary/aromatic N) is 2. The van der Waals surface area contributed by atoms with Gasteiger partial charge in [-0.1, -0.05) is 19.9 Å². The normalized spacial score (nSPS) is 10.6. The zero-order valence-electron chi connectivity index (χ0n) is 11.4. The van der Waals surface area contributed by atoms with Crippen molar-refractivity contribution in [2.45, 2.75) is 19.8 Å². The van der Waals surface area contributed by atoms with Crippen molar-refractivity contribution in [1.29, 1.82) is 10.8 Å². The van der Waals surface area contributed by atoms with Crippen molar-refractivity contribution in [2.24, 2.45) is 7.05 Å². The number of allylic oxidation sites excluding steroid dienone is 2. The second-order valence-electron chi connectivity index (χ2n) is 4.16. The summed E-state index contributed by atoms with van der Waals surface area (Å²) >= 11 is 0. The Labute approximate surface area is 113 Å². The summed E-state index contributed by atoms with van der Waals surface area (Å²) in [4.78, 5) is 0. The molecule has 0 amide bonds. The Kier molecular flexibility index (Phi) is 5.73. The van der Waals surface area contributed by atoms with E-state index in [2.05, 4.69) is 18.6 Å². The van der Waals surface area contributed by atoms with Crippen LogP contribution in [0.25, 0.3) is 0 Å². The minimum atomic E-state index is 0.178. The molecular formula is C14H20N4O. The van der Waals surface area contributed by atoms with Gasteiger partial charge in [0.15, 0.2) is 0 Å². The summed E-state index contributed by atoms with van der Waals surface area (Å²) in [5.74, 6) is 0.332. The Bertz CT molecular complexity index is 499. The van der Waals surface area contributed by atoms with Gasteiger partial charge in [0.1, 0.15) is 11.5 Å². The van der Waals surface area contributed by atoms with Crippen molar-refractivity contribution in [2.75, 3.05) is 6.61 Å². The lowest BCUT2D eigenvalue weighted by molar-refractivity contribution is 0.227. The minimum absolute atomic E-state index is 0.178. The van der Waals surface area contributed by atoms with E-state index in [0.717, 1.165) is 12.8 Å². The maximum Gasteiger partial charge on any atom is 0.137 e. The van der Waals surface area contributed by atoms with Gasteiger partial charge in [0.2, 0.25) is 0 Å². The van der Waals surface area contributed by atoms with Crippen LogP contribution in [-0.2, 0) is 11.8 Å². The number of rotatable bonds is 8. The molecule has 0 atom stereocenters. The van der Waals surface area contributed by atoms with Crippen molar-refractivity contribution in [3.8, 4) is 0 Å². The first-order valence-electron chi connectivity index (χ1n) is 6.22. The predicted molar refractivity (Wildman–Crippen MR) is 76.9 cm³/mol. The average Bonchev–Trinajstić information content (AvgIpc) is 2.82. The minimum Gasteiger partial charge on any atom is -0.492 e. The Morgan fingerprint density at radius 2 is 2.21 bits per heavy atom. The van der Waals surface area contributed by atoms with Gasteiger partial charge in [0.05, 0.1) is 18.0 Å². The second-order valence-corrected chi connectivity index (χ2v) is 4.16. The molecule has 0 unspecified atom stereocenters. The van der Waals surface area contributed by atoms with Gasteiger partial charge in [-0.25, -0.2) is 0 Å². The van der Waals surface area contributed by atoms with Crippen molar-refractivity contribution in [1.82, 2.24) is 9.78 Å². The van der Waals surface area contributed by atoms with E-state index in [4.69, 9.17) is 15.6 Å². The molecule has 2 N–H and O–H groups in total. The third kappa shape index (κ3) is 4.91. The fourth-order valence-electron chi connectivity index (χ4n) is 1.32. The molecule has 0 aliphatic heterocycles. The Hall–Kier alpha value is -2.17. The van der Waals surface area contributed by atoms with E-state index in [0.29, 0.717) is 18.1 Å². The molecule has 0 spiro atoms. The van der Waals surface area contributed by atoms with Gasteiger partial charge in [-0.3, -0.25) is 15.5 Å². The van der Waals surface area contributed by atoms with Crippen molar-refractivity contribution < 1.29 is 4.74 Å². The standard InChI is InChI=1S/C14H20N4O/c1-4-5-10-19-11(2)12(15)6-7-13(16)14-8-9-18(3)17-14/h6-9,15-16H,2,4-5,10H2,1,3H3/b7-6-,15-12?,16-13?. The number of hydrogen-bond acceptors (Lipinski definition) is 4. The van der Waals surface area contributed by atoms with Crippen molar-refractivity contribution in [3.05, 3.63) is 42.4 Å². The lowest BCUT2D eigenvalue weighted by atomic mass is 10.2. The van der Waals surface area contributed by atoms with Crippen LogP contribution >= 0.6 is 0 Å². The Morgan fingerprint density at radius 1 is 1.47 bits per heavy atom. The van der Waals surface area contributed by atoms with Crippen molar-refractivity contribution in [3.63, 3.8) is 0 Å². The van der Waals surface area contributed by atoms with Crippen LogP contribution in [0.4, 0.5) is 0 Å². The van der Waals surface area contributed by atoms with Gasteiger partial charge in [0, 0.05) is 13.2 Å². The number of ether oxygens (including phenoxy) is 1. The molecule has 0 aromatic carbocycles. The van der Waals surface area contributed by atoms with E-state index in [9.17, 15) is 0 Å². The summed E-state index contributed by atoms with van der Waals surface area (Å²) < 4.78 is 6.96. The molecule has 0 saturated heterocycles. The fraction of sp³-hybridized carbons (Fsp3) is 0.357. The molecule has 102 valence electrons. The zero-order chi connectivity index (χ0) is 14.3. The molecule has 0 aliphatic rings. The molecular weight excluding hydrogens is 240 g/mol. The molecule has 0 radical (unpaired) electrons. The topological polar surface area (TPSA) is 74.8 Å². The lowest BCUT2D eigenvalue weighted by Gasteiger charge is -2.06. The molecule has 0 fully saturated rings. The lowest BCUT2D eigenvalue weighted by Crippen LogP contribution is -2.04. The number of unbranched alkanes of at least 4 members (excludes halogenated alkanes) is 1. The van der Waals surface area contributed by atoms with E-state index in [-0.39, 0.29) is 11.4 Å². The Balaban J connectivity index is 2.49. The van der Waals surface area contributed by atoms with Crippen molar-refractivity contribution >= 4 is 11.4 Å².